The fraction of sp³-hybridized carbons (Fsp3) is 0.600. The van der Waals surface area contributed by atoms with Crippen molar-refractivity contribution in [3.8, 4) is 0 Å². The van der Waals surface area contributed by atoms with Gasteiger partial charge in [0.25, 0.3) is 0 Å². The van der Waals surface area contributed by atoms with Gasteiger partial charge in [0, 0.05) is 18.8 Å². The van der Waals surface area contributed by atoms with Crippen LogP contribution in [-0.2, 0) is 11.8 Å². The zero-order valence-corrected chi connectivity index (χ0v) is 10.2. The van der Waals surface area contributed by atoms with Gasteiger partial charge in [-0.05, 0) is 5.41 Å². The molecule has 0 saturated carbocycles. The molecule has 5 heteroatoms. The molecular weight excluding hydrogens is 216 g/mol. The molecule has 1 atom stereocenters. The Kier molecular flexibility index (Phi) is 4.34. The highest BCUT2D eigenvalue weighted by molar-refractivity contribution is 5.85. The Morgan fingerprint density at radius 3 is 2.33 bits per heavy atom. The second kappa shape index (κ2) is 4.66. The van der Waals surface area contributed by atoms with Crippen molar-refractivity contribution in [1.82, 2.24) is 9.78 Å². The molecule has 1 aromatic heterocycles. The third-order valence-corrected chi connectivity index (χ3v) is 2.17. The molecule has 0 radical (unpaired) electrons. The van der Waals surface area contributed by atoms with Crippen LogP contribution in [0.2, 0.25) is 0 Å². The molecule has 4 nitrogen and oxygen atoms in total. The standard InChI is InChI=1S/C10H16N2O2.ClH/c1-10(2,3)8(9(13)14)7-5-11-12(4)6-7;/h5-6,8H,1-4H3,(H,13,14);1H. The van der Waals surface area contributed by atoms with Crippen LogP contribution in [0.4, 0.5) is 0 Å². The van der Waals surface area contributed by atoms with E-state index in [-0.39, 0.29) is 17.8 Å². The van der Waals surface area contributed by atoms with Gasteiger partial charge in [-0.3, -0.25) is 9.48 Å². The van der Waals surface area contributed by atoms with Crippen LogP contribution >= 0.6 is 12.4 Å². The number of aromatic nitrogens is 2. The lowest BCUT2D eigenvalue weighted by Crippen LogP contribution is -2.25. The van der Waals surface area contributed by atoms with E-state index in [0.29, 0.717) is 0 Å². The molecule has 1 heterocycles. The minimum atomic E-state index is -0.800. The summed E-state index contributed by atoms with van der Waals surface area (Å²) in [5, 5.41) is 13.1. The molecule has 1 N–H and O–H groups in total. The summed E-state index contributed by atoms with van der Waals surface area (Å²) in [6.45, 7) is 5.75. The lowest BCUT2D eigenvalue weighted by atomic mass is 9.77. The number of aryl methyl sites for hydroxylation is 1. The van der Waals surface area contributed by atoms with Gasteiger partial charge in [0.15, 0.2) is 0 Å². The van der Waals surface area contributed by atoms with Crippen LogP contribution in [0, 0.1) is 5.41 Å². The van der Waals surface area contributed by atoms with Gasteiger partial charge in [-0.2, -0.15) is 5.10 Å². The minimum absolute atomic E-state index is 0. The Morgan fingerprint density at radius 1 is 1.53 bits per heavy atom. The van der Waals surface area contributed by atoms with Gasteiger partial charge < -0.3 is 5.11 Å². The fourth-order valence-corrected chi connectivity index (χ4v) is 1.60. The smallest absolute Gasteiger partial charge is 0.311 e. The summed E-state index contributed by atoms with van der Waals surface area (Å²) in [6.07, 6.45) is 3.37. The molecule has 15 heavy (non-hydrogen) atoms. The summed E-state index contributed by atoms with van der Waals surface area (Å²) >= 11 is 0. The number of carbonyl (C=O) groups is 1. The topological polar surface area (TPSA) is 55.1 Å². The SMILES string of the molecule is Cl.Cn1cc(C(C(=O)O)C(C)(C)C)cn1. The van der Waals surface area contributed by atoms with Crippen molar-refractivity contribution in [3.05, 3.63) is 18.0 Å². The number of hydrogen-bond donors (Lipinski definition) is 1. The Morgan fingerprint density at radius 2 is 2.07 bits per heavy atom. The molecule has 0 aliphatic heterocycles. The lowest BCUT2D eigenvalue weighted by Gasteiger charge is -2.25. The van der Waals surface area contributed by atoms with Crippen LogP contribution in [0.3, 0.4) is 0 Å². The van der Waals surface area contributed by atoms with Crippen molar-refractivity contribution in [2.24, 2.45) is 12.5 Å². The molecule has 0 aliphatic carbocycles. The Labute approximate surface area is 95.7 Å². The normalized spacial score (nSPS) is 13.1. The van der Waals surface area contributed by atoms with Crippen LogP contribution < -0.4 is 0 Å². The first-order valence-corrected chi connectivity index (χ1v) is 4.53. The van der Waals surface area contributed by atoms with E-state index in [1.54, 1.807) is 24.1 Å². The second-order valence-corrected chi connectivity index (χ2v) is 4.58. The number of aliphatic carboxylic acids is 1. The maximum absolute atomic E-state index is 11.1. The third-order valence-electron chi connectivity index (χ3n) is 2.17. The summed E-state index contributed by atoms with van der Waals surface area (Å²) < 4.78 is 1.62. The van der Waals surface area contributed by atoms with Gasteiger partial charge in [0.05, 0.1) is 12.1 Å². The predicted octanol–water partition coefficient (Wildman–Crippen LogP) is 2.06. The molecular formula is C10H17ClN2O2. The average Bonchev–Trinajstić information content (AvgIpc) is 2.31. The summed E-state index contributed by atoms with van der Waals surface area (Å²) in [4.78, 5) is 11.1. The highest BCUT2D eigenvalue weighted by atomic mass is 35.5. The number of nitrogens with zero attached hydrogens (tertiary/aromatic N) is 2. The highest BCUT2D eigenvalue weighted by Crippen LogP contribution is 2.34. The van der Waals surface area contributed by atoms with Crippen LogP contribution in [0.1, 0.15) is 32.3 Å². The van der Waals surface area contributed by atoms with Crippen molar-refractivity contribution in [2.75, 3.05) is 0 Å². The van der Waals surface area contributed by atoms with E-state index in [1.165, 1.54) is 0 Å². The number of halogens is 1. The molecule has 1 aromatic rings. The molecule has 0 fully saturated rings. The predicted molar refractivity (Wildman–Crippen MR) is 60.3 cm³/mol. The molecule has 1 unspecified atom stereocenters. The van der Waals surface area contributed by atoms with E-state index in [9.17, 15) is 4.79 Å². The monoisotopic (exact) mass is 232 g/mol. The average molecular weight is 233 g/mol. The van der Waals surface area contributed by atoms with Gasteiger partial charge in [0.2, 0.25) is 0 Å². The van der Waals surface area contributed by atoms with E-state index in [1.807, 2.05) is 20.8 Å². The Hall–Kier alpha value is -1.03. The van der Waals surface area contributed by atoms with Crippen LogP contribution in [0.15, 0.2) is 12.4 Å². The molecule has 0 bridgehead atoms. The molecule has 0 aliphatic rings. The number of carboxylic acids is 1. The van der Waals surface area contributed by atoms with Gasteiger partial charge in [-0.25, -0.2) is 0 Å². The quantitative estimate of drug-likeness (QED) is 0.849. The van der Waals surface area contributed by atoms with Gasteiger partial charge in [-0.1, -0.05) is 20.8 Å². The maximum atomic E-state index is 11.1. The molecule has 0 amide bonds. The van der Waals surface area contributed by atoms with Crippen LogP contribution in [0.25, 0.3) is 0 Å². The molecule has 1 rings (SSSR count). The van der Waals surface area contributed by atoms with E-state index in [0.717, 1.165) is 5.56 Å². The third kappa shape index (κ3) is 3.23. The Bertz CT molecular complexity index is 341. The van der Waals surface area contributed by atoms with Crippen molar-refractivity contribution in [1.29, 1.82) is 0 Å². The van der Waals surface area contributed by atoms with Gasteiger partial charge in [0.1, 0.15) is 0 Å². The van der Waals surface area contributed by atoms with Crippen molar-refractivity contribution in [3.63, 3.8) is 0 Å². The van der Waals surface area contributed by atoms with E-state index in [4.69, 9.17) is 5.11 Å². The summed E-state index contributed by atoms with van der Waals surface area (Å²) in [5.74, 6) is -1.30. The Balaban J connectivity index is 0.00000196. The van der Waals surface area contributed by atoms with E-state index < -0.39 is 11.9 Å². The summed E-state index contributed by atoms with van der Waals surface area (Å²) in [5.41, 5.74) is 0.460. The number of hydrogen-bond acceptors (Lipinski definition) is 2. The van der Waals surface area contributed by atoms with E-state index >= 15 is 0 Å². The molecule has 86 valence electrons. The first-order chi connectivity index (χ1) is 6.32. The summed E-state index contributed by atoms with van der Waals surface area (Å²) in [7, 11) is 1.78. The maximum Gasteiger partial charge on any atom is 0.311 e. The first-order valence-electron chi connectivity index (χ1n) is 4.53. The van der Waals surface area contributed by atoms with Gasteiger partial charge in [-0.15, -0.1) is 12.4 Å². The number of carboxylic acid groups (broad SMARTS) is 1. The minimum Gasteiger partial charge on any atom is -0.481 e. The highest BCUT2D eigenvalue weighted by Gasteiger charge is 2.33. The van der Waals surface area contributed by atoms with Gasteiger partial charge >= 0.3 is 5.97 Å². The number of rotatable bonds is 2. The summed E-state index contributed by atoms with van der Waals surface area (Å²) in [6, 6.07) is 0. The van der Waals surface area contributed by atoms with Crippen LogP contribution in [-0.4, -0.2) is 20.9 Å². The lowest BCUT2D eigenvalue weighted by molar-refractivity contribution is -0.141. The molecule has 0 aromatic carbocycles. The van der Waals surface area contributed by atoms with Crippen molar-refractivity contribution < 1.29 is 9.90 Å². The fourth-order valence-electron chi connectivity index (χ4n) is 1.60. The first kappa shape index (κ1) is 14.0. The zero-order valence-electron chi connectivity index (χ0n) is 9.39. The zero-order chi connectivity index (χ0) is 10.9. The molecule has 0 saturated heterocycles. The van der Waals surface area contributed by atoms with E-state index in [2.05, 4.69) is 5.10 Å². The van der Waals surface area contributed by atoms with Crippen molar-refractivity contribution >= 4 is 18.4 Å². The van der Waals surface area contributed by atoms with Crippen LogP contribution in [0.5, 0.6) is 0 Å². The largest absolute Gasteiger partial charge is 0.481 e. The van der Waals surface area contributed by atoms with Crippen molar-refractivity contribution in [2.45, 2.75) is 26.7 Å². The second-order valence-electron chi connectivity index (χ2n) is 4.58. The molecule has 0 spiro atoms.